The summed E-state index contributed by atoms with van der Waals surface area (Å²) >= 11 is 3.39. The first kappa shape index (κ1) is 14.0. The molecular weight excluding hydrogens is 282 g/mol. The summed E-state index contributed by atoms with van der Waals surface area (Å²) < 4.78 is 0. The zero-order valence-corrected chi connectivity index (χ0v) is 11.9. The highest BCUT2D eigenvalue weighted by molar-refractivity contribution is 9.09. The van der Waals surface area contributed by atoms with Crippen LogP contribution in [0, 0.1) is 12.8 Å². The number of phenols is 1. The maximum Gasteiger partial charge on any atom is 0.251 e. The van der Waals surface area contributed by atoms with Gasteiger partial charge in [0.2, 0.25) is 0 Å². The summed E-state index contributed by atoms with van der Waals surface area (Å²) in [5.74, 6) is 0.455. The predicted octanol–water partition coefficient (Wildman–Crippen LogP) is 2.85. The van der Waals surface area contributed by atoms with Crippen molar-refractivity contribution in [2.24, 2.45) is 5.92 Å². The van der Waals surface area contributed by atoms with Crippen molar-refractivity contribution in [1.29, 1.82) is 0 Å². The molecule has 3 nitrogen and oxygen atoms in total. The van der Waals surface area contributed by atoms with Crippen molar-refractivity contribution in [3.8, 4) is 5.75 Å². The third kappa shape index (κ3) is 3.73. The first-order valence-corrected chi connectivity index (χ1v) is 6.74. The molecule has 4 heteroatoms. The second-order valence-electron chi connectivity index (χ2n) is 4.48. The van der Waals surface area contributed by atoms with E-state index in [-0.39, 0.29) is 17.7 Å². The fourth-order valence-corrected chi connectivity index (χ4v) is 2.44. The van der Waals surface area contributed by atoms with Gasteiger partial charge in [-0.1, -0.05) is 29.8 Å². The van der Waals surface area contributed by atoms with Crippen molar-refractivity contribution in [1.82, 2.24) is 5.32 Å². The third-order valence-corrected chi connectivity index (χ3v) is 3.44. The largest absolute Gasteiger partial charge is 0.508 e. The van der Waals surface area contributed by atoms with E-state index in [1.54, 1.807) is 12.1 Å². The number of benzene rings is 1. The van der Waals surface area contributed by atoms with Crippen molar-refractivity contribution in [2.75, 3.05) is 5.33 Å². The van der Waals surface area contributed by atoms with Gasteiger partial charge in [-0.15, -0.1) is 0 Å². The van der Waals surface area contributed by atoms with Crippen LogP contribution in [0.2, 0.25) is 0 Å². The molecule has 0 aromatic heterocycles. The van der Waals surface area contributed by atoms with E-state index >= 15 is 0 Å². The van der Waals surface area contributed by atoms with Crippen LogP contribution in [-0.4, -0.2) is 22.4 Å². The lowest BCUT2D eigenvalue weighted by molar-refractivity contribution is 0.0931. The maximum absolute atomic E-state index is 12.0. The molecule has 0 saturated carbocycles. The highest BCUT2D eigenvalue weighted by Crippen LogP contribution is 2.16. The second kappa shape index (κ2) is 6.05. The number of nitrogens with one attached hydrogen (secondary N) is 1. The van der Waals surface area contributed by atoms with Crippen molar-refractivity contribution < 1.29 is 9.90 Å². The molecule has 0 spiro atoms. The molecule has 0 aliphatic rings. The molecule has 1 rings (SSSR count). The lowest BCUT2D eigenvalue weighted by Crippen LogP contribution is -2.40. The van der Waals surface area contributed by atoms with Gasteiger partial charge < -0.3 is 10.4 Å². The Hall–Kier alpha value is -1.03. The number of carbonyl (C=O) groups is 1. The molecule has 1 atom stereocenters. The van der Waals surface area contributed by atoms with Gasteiger partial charge >= 0.3 is 0 Å². The number of hydrogen-bond acceptors (Lipinski definition) is 2. The molecular formula is C13H18BrNO2. The highest BCUT2D eigenvalue weighted by atomic mass is 79.9. The van der Waals surface area contributed by atoms with Crippen LogP contribution in [0.5, 0.6) is 5.75 Å². The molecule has 0 saturated heterocycles. The monoisotopic (exact) mass is 299 g/mol. The smallest absolute Gasteiger partial charge is 0.251 e. The van der Waals surface area contributed by atoms with Gasteiger partial charge in [-0.3, -0.25) is 4.79 Å². The number of phenolic OH excluding ortho intramolecular Hbond substituents is 1. The van der Waals surface area contributed by atoms with Crippen molar-refractivity contribution >= 4 is 21.8 Å². The van der Waals surface area contributed by atoms with Crippen molar-refractivity contribution in [3.63, 3.8) is 0 Å². The van der Waals surface area contributed by atoms with Crippen LogP contribution in [-0.2, 0) is 0 Å². The van der Waals surface area contributed by atoms with Crippen LogP contribution in [0.15, 0.2) is 18.2 Å². The Kier molecular flexibility index (Phi) is 5.00. The minimum absolute atomic E-state index is 0.0966. The third-order valence-electron chi connectivity index (χ3n) is 2.74. The molecule has 0 aliphatic heterocycles. The van der Waals surface area contributed by atoms with E-state index in [4.69, 9.17) is 0 Å². The number of alkyl halides is 1. The van der Waals surface area contributed by atoms with E-state index in [1.807, 2.05) is 6.92 Å². The van der Waals surface area contributed by atoms with Crippen molar-refractivity contribution in [2.45, 2.75) is 26.8 Å². The van der Waals surface area contributed by atoms with Crippen molar-refractivity contribution in [3.05, 3.63) is 29.3 Å². The van der Waals surface area contributed by atoms with E-state index in [2.05, 4.69) is 35.1 Å². The van der Waals surface area contributed by atoms with E-state index in [1.165, 1.54) is 6.07 Å². The molecule has 1 aromatic carbocycles. The number of hydrogen-bond donors (Lipinski definition) is 2. The second-order valence-corrected chi connectivity index (χ2v) is 5.12. The molecule has 0 heterocycles. The number of amides is 1. The molecule has 94 valence electrons. The standard InChI is InChI=1S/C13H18BrNO2/c1-8(2)12(7-14)15-13(17)11-5-4-10(16)6-9(11)3/h4-6,8,12,16H,7H2,1-3H3,(H,15,17). The summed E-state index contributed by atoms with van der Waals surface area (Å²) in [4.78, 5) is 12.0. The summed E-state index contributed by atoms with van der Waals surface area (Å²) in [6.45, 7) is 5.94. The van der Waals surface area contributed by atoms with Gasteiger partial charge in [-0.25, -0.2) is 0 Å². The van der Waals surface area contributed by atoms with Gasteiger partial charge in [0, 0.05) is 16.9 Å². The predicted molar refractivity (Wildman–Crippen MR) is 72.7 cm³/mol. The zero-order chi connectivity index (χ0) is 13.0. The fraction of sp³-hybridized carbons (Fsp3) is 0.462. The minimum Gasteiger partial charge on any atom is -0.508 e. The van der Waals surface area contributed by atoms with E-state index in [0.29, 0.717) is 11.5 Å². The minimum atomic E-state index is -0.0966. The van der Waals surface area contributed by atoms with Gasteiger partial charge in [0.05, 0.1) is 0 Å². The van der Waals surface area contributed by atoms with Crippen LogP contribution >= 0.6 is 15.9 Å². The SMILES string of the molecule is Cc1cc(O)ccc1C(=O)NC(CBr)C(C)C. The molecule has 1 unspecified atom stereocenters. The molecule has 17 heavy (non-hydrogen) atoms. The van der Waals surface area contributed by atoms with Crippen LogP contribution in [0.4, 0.5) is 0 Å². The Labute approximate surface area is 110 Å². The fourth-order valence-electron chi connectivity index (χ4n) is 1.53. The van der Waals surface area contributed by atoms with Crippen LogP contribution in [0.1, 0.15) is 29.8 Å². The summed E-state index contributed by atoms with van der Waals surface area (Å²) in [5, 5.41) is 13.0. The van der Waals surface area contributed by atoms with E-state index in [0.717, 1.165) is 10.9 Å². The quantitative estimate of drug-likeness (QED) is 0.840. The number of aryl methyl sites for hydroxylation is 1. The summed E-state index contributed by atoms with van der Waals surface area (Å²) in [5.41, 5.74) is 1.38. The zero-order valence-electron chi connectivity index (χ0n) is 10.3. The topological polar surface area (TPSA) is 49.3 Å². The normalized spacial score (nSPS) is 12.5. The average molecular weight is 300 g/mol. The highest BCUT2D eigenvalue weighted by Gasteiger charge is 2.17. The lowest BCUT2D eigenvalue weighted by Gasteiger charge is -2.20. The summed E-state index contributed by atoms with van der Waals surface area (Å²) in [6, 6.07) is 4.87. The molecule has 0 fully saturated rings. The molecule has 1 aromatic rings. The summed E-state index contributed by atoms with van der Waals surface area (Å²) in [6.07, 6.45) is 0. The number of carbonyl (C=O) groups excluding carboxylic acids is 1. The Morgan fingerprint density at radius 3 is 2.59 bits per heavy atom. The maximum atomic E-state index is 12.0. The van der Waals surface area contributed by atoms with Gasteiger partial charge in [-0.05, 0) is 36.6 Å². The first-order valence-electron chi connectivity index (χ1n) is 5.62. The molecule has 0 radical (unpaired) electrons. The molecule has 0 aliphatic carbocycles. The summed E-state index contributed by atoms with van der Waals surface area (Å²) in [7, 11) is 0. The average Bonchev–Trinajstić information content (AvgIpc) is 2.24. The van der Waals surface area contributed by atoms with E-state index in [9.17, 15) is 9.90 Å². The Morgan fingerprint density at radius 1 is 1.47 bits per heavy atom. The number of rotatable bonds is 4. The lowest BCUT2D eigenvalue weighted by atomic mass is 10.0. The molecule has 0 bridgehead atoms. The van der Waals surface area contributed by atoms with E-state index < -0.39 is 0 Å². The number of halogens is 1. The Balaban J connectivity index is 2.82. The molecule has 1 amide bonds. The Bertz CT molecular complexity index is 404. The number of aromatic hydroxyl groups is 1. The Morgan fingerprint density at radius 2 is 2.12 bits per heavy atom. The van der Waals surface area contributed by atoms with Gasteiger partial charge in [0.1, 0.15) is 5.75 Å². The van der Waals surface area contributed by atoms with Crippen LogP contribution in [0.3, 0.4) is 0 Å². The van der Waals surface area contributed by atoms with Crippen LogP contribution < -0.4 is 5.32 Å². The van der Waals surface area contributed by atoms with Gasteiger partial charge in [-0.2, -0.15) is 0 Å². The molecule has 2 N–H and O–H groups in total. The first-order chi connectivity index (χ1) is 7.95. The van der Waals surface area contributed by atoms with Gasteiger partial charge in [0.15, 0.2) is 0 Å². The van der Waals surface area contributed by atoms with Gasteiger partial charge in [0.25, 0.3) is 5.91 Å². The van der Waals surface area contributed by atoms with Crippen LogP contribution in [0.25, 0.3) is 0 Å².